The minimum Gasteiger partial charge on any atom is -0.481 e. The summed E-state index contributed by atoms with van der Waals surface area (Å²) in [6.07, 6.45) is 2.97. The molecule has 0 spiro atoms. The number of hydrogen-bond donors (Lipinski definition) is 1. The molecule has 1 aromatic carbocycles. The van der Waals surface area contributed by atoms with E-state index in [-0.39, 0.29) is 11.8 Å². The summed E-state index contributed by atoms with van der Waals surface area (Å²) >= 11 is 1.65. The van der Waals surface area contributed by atoms with Crippen LogP contribution in [0.25, 0.3) is 10.1 Å². The van der Waals surface area contributed by atoms with Crippen LogP contribution in [0, 0.1) is 11.3 Å². The van der Waals surface area contributed by atoms with E-state index in [1.54, 1.807) is 16.2 Å². The molecule has 2 aliphatic rings. The summed E-state index contributed by atoms with van der Waals surface area (Å²) in [5.41, 5.74) is 0.365. The molecule has 2 heterocycles. The summed E-state index contributed by atoms with van der Waals surface area (Å²) in [6, 6.07) is 8.10. The number of thiophene rings is 1. The van der Waals surface area contributed by atoms with Crippen LogP contribution >= 0.6 is 11.3 Å². The first-order valence-electron chi connectivity index (χ1n) is 8.06. The Bertz CT molecular complexity index is 783. The van der Waals surface area contributed by atoms with Crippen molar-refractivity contribution >= 4 is 33.3 Å². The number of rotatable bonds is 3. The summed E-state index contributed by atoms with van der Waals surface area (Å²) < 4.78 is 1.19. The first-order chi connectivity index (χ1) is 11.1. The minimum absolute atomic E-state index is 0.0589. The first kappa shape index (κ1) is 14.7. The Morgan fingerprint density at radius 3 is 2.96 bits per heavy atom. The molecule has 1 amide bonds. The van der Waals surface area contributed by atoms with Crippen molar-refractivity contribution in [2.45, 2.75) is 25.7 Å². The largest absolute Gasteiger partial charge is 0.481 e. The van der Waals surface area contributed by atoms with Gasteiger partial charge in [0.1, 0.15) is 0 Å². The molecule has 2 atom stereocenters. The number of aliphatic carboxylic acids is 1. The number of carbonyl (C=O) groups is 2. The SMILES string of the molecule is O=C(Cc1csc2ccccc12)N1C[C@@H]2CCC[C@@]2(C(=O)O)C1. The predicted molar refractivity (Wildman–Crippen MR) is 89.5 cm³/mol. The number of amides is 1. The molecule has 0 bridgehead atoms. The lowest BCUT2D eigenvalue weighted by Crippen LogP contribution is -2.37. The van der Waals surface area contributed by atoms with Crippen molar-refractivity contribution in [3.63, 3.8) is 0 Å². The van der Waals surface area contributed by atoms with Gasteiger partial charge in [-0.1, -0.05) is 24.6 Å². The topological polar surface area (TPSA) is 57.6 Å². The van der Waals surface area contributed by atoms with Gasteiger partial charge in [0, 0.05) is 17.8 Å². The number of likely N-dealkylation sites (tertiary alicyclic amines) is 1. The molecule has 23 heavy (non-hydrogen) atoms. The number of nitrogens with zero attached hydrogens (tertiary/aromatic N) is 1. The number of carbonyl (C=O) groups excluding carboxylic acids is 1. The van der Waals surface area contributed by atoms with Crippen LogP contribution in [0.5, 0.6) is 0 Å². The Labute approximate surface area is 138 Å². The highest BCUT2D eigenvalue weighted by molar-refractivity contribution is 7.17. The fourth-order valence-electron chi connectivity index (χ4n) is 4.27. The molecule has 4 nitrogen and oxygen atoms in total. The van der Waals surface area contributed by atoms with Gasteiger partial charge in [-0.05, 0) is 41.2 Å². The van der Waals surface area contributed by atoms with Crippen molar-refractivity contribution in [2.24, 2.45) is 11.3 Å². The van der Waals surface area contributed by atoms with Crippen molar-refractivity contribution in [3.8, 4) is 0 Å². The van der Waals surface area contributed by atoms with E-state index in [2.05, 4.69) is 6.07 Å². The quantitative estimate of drug-likeness (QED) is 0.941. The molecule has 1 aliphatic carbocycles. The van der Waals surface area contributed by atoms with E-state index in [9.17, 15) is 14.7 Å². The van der Waals surface area contributed by atoms with Crippen molar-refractivity contribution in [1.82, 2.24) is 4.90 Å². The molecule has 4 rings (SSSR count). The molecule has 1 aromatic heterocycles. The average molecular weight is 329 g/mol. The summed E-state index contributed by atoms with van der Waals surface area (Å²) in [5, 5.41) is 12.8. The standard InChI is InChI=1S/C18H19NO3S/c20-16(8-12-10-23-15-6-2-1-5-14(12)15)19-9-13-4-3-7-18(13,11-19)17(21)22/h1-2,5-6,10,13H,3-4,7-9,11H2,(H,21,22)/t13-,18+/m0/s1. The van der Waals surface area contributed by atoms with E-state index in [1.165, 1.54) is 4.70 Å². The molecule has 1 N–H and O–H groups in total. The summed E-state index contributed by atoms with van der Waals surface area (Å²) in [6.45, 7) is 0.987. The van der Waals surface area contributed by atoms with E-state index in [0.29, 0.717) is 25.9 Å². The van der Waals surface area contributed by atoms with Gasteiger partial charge < -0.3 is 10.0 Å². The van der Waals surface area contributed by atoms with Gasteiger partial charge in [-0.15, -0.1) is 11.3 Å². The molecule has 1 saturated carbocycles. The zero-order valence-corrected chi connectivity index (χ0v) is 13.6. The Hall–Kier alpha value is -1.88. The third-order valence-electron chi connectivity index (χ3n) is 5.55. The van der Waals surface area contributed by atoms with E-state index in [0.717, 1.165) is 23.8 Å². The van der Waals surface area contributed by atoms with Crippen molar-refractivity contribution in [3.05, 3.63) is 35.2 Å². The lowest BCUT2D eigenvalue weighted by molar-refractivity contribution is -0.149. The normalized spacial score (nSPS) is 26.6. The number of hydrogen-bond acceptors (Lipinski definition) is 3. The highest BCUT2D eigenvalue weighted by atomic mass is 32.1. The third kappa shape index (κ3) is 2.26. The zero-order chi connectivity index (χ0) is 16.0. The van der Waals surface area contributed by atoms with Gasteiger partial charge in [-0.3, -0.25) is 9.59 Å². The molecular formula is C18H19NO3S. The maximum absolute atomic E-state index is 12.7. The summed E-state index contributed by atoms with van der Waals surface area (Å²) in [5.74, 6) is -0.539. The van der Waals surface area contributed by atoms with Gasteiger partial charge >= 0.3 is 5.97 Å². The second kappa shape index (κ2) is 5.34. The molecule has 2 aromatic rings. The van der Waals surface area contributed by atoms with E-state index < -0.39 is 11.4 Å². The number of fused-ring (bicyclic) bond motifs is 2. The van der Waals surface area contributed by atoms with Crippen LogP contribution < -0.4 is 0 Å². The van der Waals surface area contributed by atoms with Crippen LogP contribution in [-0.4, -0.2) is 35.0 Å². The highest BCUT2D eigenvalue weighted by Gasteiger charge is 2.55. The van der Waals surface area contributed by atoms with Crippen LogP contribution in [0.4, 0.5) is 0 Å². The van der Waals surface area contributed by atoms with Gasteiger partial charge in [-0.2, -0.15) is 0 Å². The molecule has 2 fully saturated rings. The monoisotopic (exact) mass is 329 g/mol. The lowest BCUT2D eigenvalue weighted by Gasteiger charge is -2.23. The Balaban J connectivity index is 1.53. The van der Waals surface area contributed by atoms with Gasteiger partial charge in [0.25, 0.3) is 0 Å². The van der Waals surface area contributed by atoms with Crippen LogP contribution in [0.15, 0.2) is 29.6 Å². The average Bonchev–Trinajstić information content (AvgIpc) is 3.19. The molecule has 120 valence electrons. The van der Waals surface area contributed by atoms with Gasteiger partial charge in [-0.25, -0.2) is 0 Å². The summed E-state index contributed by atoms with van der Waals surface area (Å²) in [4.78, 5) is 26.2. The number of carboxylic acid groups (broad SMARTS) is 1. The van der Waals surface area contributed by atoms with Gasteiger partial charge in [0.2, 0.25) is 5.91 Å². The lowest BCUT2D eigenvalue weighted by atomic mass is 9.81. The third-order valence-corrected chi connectivity index (χ3v) is 6.56. The molecular weight excluding hydrogens is 310 g/mol. The van der Waals surface area contributed by atoms with Crippen LogP contribution in [0.1, 0.15) is 24.8 Å². The first-order valence-corrected chi connectivity index (χ1v) is 8.94. The van der Waals surface area contributed by atoms with Gasteiger partial charge in [0.05, 0.1) is 11.8 Å². The van der Waals surface area contributed by atoms with Crippen LogP contribution in [-0.2, 0) is 16.0 Å². The second-order valence-corrected chi connectivity index (χ2v) is 7.67. The van der Waals surface area contributed by atoms with Crippen molar-refractivity contribution < 1.29 is 14.7 Å². The zero-order valence-electron chi connectivity index (χ0n) is 12.8. The van der Waals surface area contributed by atoms with E-state index >= 15 is 0 Å². The van der Waals surface area contributed by atoms with Gasteiger partial charge in [0.15, 0.2) is 0 Å². The number of carboxylic acids is 1. The Morgan fingerprint density at radius 2 is 2.17 bits per heavy atom. The molecule has 1 aliphatic heterocycles. The molecule has 0 unspecified atom stereocenters. The molecule has 0 radical (unpaired) electrons. The fraction of sp³-hybridized carbons (Fsp3) is 0.444. The fourth-order valence-corrected chi connectivity index (χ4v) is 5.24. The molecule has 5 heteroatoms. The van der Waals surface area contributed by atoms with Crippen molar-refractivity contribution in [2.75, 3.05) is 13.1 Å². The van der Waals surface area contributed by atoms with Crippen LogP contribution in [0.3, 0.4) is 0 Å². The minimum atomic E-state index is -0.726. The Kier molecular flexibility index (Phi) is 3.41. The summed E-state index contributed by atoms with van der Waals surface area (Å²) in [7, 11) is 0. The predicted octanol–water partition coefficient (Wildman–Crippen LogP) is 3.16. The highest BCUT2D eigenvalue weighted by Crippen LogP contribution is 2.49. The van der Waals surface area contributed by atoms with E-state index in [1.807, 2.05) is 23.6 Å². The van der Waals surface area contributed by atoms with Crippen LogP contribution in [0.2, 0.25) is 0 Å². The van der Waals surface area contributed by atoms with E-state index in [4.69, 9.17) is 0 Å². The maximum atomic E-state index is 12.7. The second-order valence-electron chi connectivity index (χ2n) is 6.76. The molecule has 1 saturated heterocycles. The Morgan fingerprint density at radius 1 is 1.35 bits per heavy atom. The van der Waals surface area contributed by atoms with Crippen molar-refractivity contribution in [1.29, 1.82) is 0 Å². The maximum Gasteiger partial charge on any atom is 0.311 e. The smallest absolute Gasteiger partial charge is 0.311 e. The number of benzene rings is 1.